The number of nitrogens with zero attached hydrogens (tertiary/aromatic N) is 4. The van der Waals surface area contributed by atoms with Gasteiger partial charge in [-0.3, -0.25) is 14.9 Å². The van der Waals surface area contributed by atoms with Crippen molar-refractivity contribution >= 4 is 23.7 Å². The maximum Gasteiger partial charge on any atom is 0.266 e. The second kappa shape index (κ2) is 17.1. The van der Waals surface area contributed by atoms with Crippen molar-refractivity contribution in [3.63, 3.8) is 0 Å². The van der Waals surface area contributed by atoms with Crippen molar-refractivity contribution in [2.24, 2.45) is 21.6 Å². The number of nitro groups is 1. The molecule has 0 aliphatic carbocycles. The predicted molar refractivity (Wildman–Crippen MR) is 165 cm³/mol. The predicted octanol–water partition coefficient (Wildman–Crippen LogP) is 1.38. The Morgan fingerprint density at radius 3 is 2.02 bits per heavy atom. The van der Waals surface area contributed by atoms with E-state index >= 15 is 0 Å². The Labute approximate surface area is 254 Å². The summed E-state index contributed by atoms with van der Waals surface area (Å²) < 4.78 is 0. The molecule has 0 radical (unpaired) electrons. The number of amides is 2. The Morgan fingerprint density at radius 1 is 0.864 bits per heavy atom. The highest BCUT2D eigenvalue weighted by atomic mass is 16.7. The van der Waals surface area contributed by atoms with Gasteiger partial charge in [0, 0.05) is 13.1 Å². The van der Waals surface area contributed by atoms with E-state index in [1.165, 1.54) is 0 Å². The Bertz CT molecular complexity index is 1450. The highest BCUT2D eigenvalue weighted by Gasteiger charge is 2.27. The molecular weight excluding hydrogens is 564 g/mol. The molecule has 8 N–H and O–H groups in total. The molecule has 0 unspecified atom stereocenters. The number of hydrazone groups is 1. The number of nitrogens with one attached hydrogen (secondary N) is 4. The molecule has 0 aliphatic rings. The van der Waals surface area contributed by atoms with E-state index in [0.717, 1.165) is 22.3 Å². The molecule has 3 aromatic rings. The van der Waals surface area contributed by atoms with Gasteiger partial charge in [-0.25, -0.2) is 15.1 Å². The summed E-state index contributed by atoms with van der Waals surface area (Å²) in [6, 6.07) is 25.0. The lowest BCUT2D eigenvalue weighted by atomic mass is 9.90. The van der Waals surface area contributed by atoms with E-state index < -0.39 is 22.9 Å². The van der Waals surface area contributed by atoms with E-state index in [1.54, 1.807) is 6.19 Å². The fraction of sp³-hybridized carbons (Fsp3) is 0.233. The normalized spacial score (nSPS) is 12.1. The standard InChI is InChI=1S/C30H34N10O4/c31-20-37-29(32)36-19-22-15-13-21(14-16-22)18-35-27(41)25(12-7-17-34-30(33)39-40(43)44)38-28(42)26(23-8-3-1-4-9-23)24-10-5-2-6-11-24/h1-6,8-11,13-16,25-26H,7,12,17-19H2,(H,35,41)(H,38,42)(H3,32,36,37)(H3,33,34,39)/t25-/m1/s1. The zero-order valence-electron chi connectivity index (χ0n) is 23.8. The van der Waals surface area contributed by atoms with E-state index in [9.17, 15) is 19.7 Å². The van der Waals surface area contributed by atoms with Gasteiger partial charge in [0.2, 0.25) is 17.8 Å². The SMILES string of the molecule is N#CNC(N)=NCc1ccc(CNC(=O)[C@@H](CCCNC(N)=N[N+](=O)[O-])NC(=O)C(c2ccccc2)c2ccccc2)cc1. The first kappa shape index (κ1) is 32.5. The lowest BCUT2D eigenvalue weighted by molar-refractivity contribution is -0.485. The van der Waals surface area contributed by atoms with Gasteiger partial charge in [0.05, 0.1) is 12.5 Å². The fourth-order valence-corrected chi connectivity index (χ4v) is 4.30. The third kappa shape index (κ3) is 10.8. The molecule has 0 fully saturated rings. The zero-order valence-corrected chi connectivity index (χ0v) is 23.8. The lowest BCUT2D eigenvalue weighted by Crippen LogP contribution is -2.48. The van der Waals surface area contributed by atoms with Gasteiger partial charge in [0.1, 0.15) is 11.1 Å². The number of benzene rings is 3. The zero-order chi connectivity index (χ0) is 31.7. The number of nitriles is 1. The number of aliphatic imine (C=N–C) groups is 1. The van der Waals surface area contributed by atoms with Gasteiger partial charge in [-0.05, 0) is 35.1 Å². The summed E-state index contributed by atoms with van der Waals surface area (Å²) >= 11 is 0. The number of hydrogen-bond donors (Lipinski definition) is 6. The number of carbonyl (C=O) groups excluding carboxylic acids is 2. The molecule has 0 aliphatic heterocycles. The second-order valence-corrected chi connectivity index (χ2v) is 9.58. The molecular formula is C30H34N10O4. The molecule has 0 heterocycles. The first-order valence-electron chi connectivity index (χ1n) is 13.7. The van der Waals surface area contributed by atoms with Crippen molar-refractivity contribution in [3.05, 3.63) is 117 Å². The quantitative estimate of drug-likeness (QED) is 0.0299. The number of nitrogens with two attached hydrogens (primary N) is 2. The maximum atomic E-state index is 13.7. The minimum Gasteiger partial charge on any atom is -0.369 e. The van der Waals surface area contributed by atoms with Crippen molar-refractivity contribution < 1.29 is 14.6 Å². The Hall–Kier alpha value is -5.97. The number of guanidine groups is 2. The molecule has 3 aromatic carbocycles. The topological polar surface area (TPSA) is 226 Å². The van der Waals surface area contributed by atoms with Crippen LogP contribution in [0.25, 0.3) is 0 Å². The van der Waals surface area contributed by atoms with Gasteiger partial charge in [-0.2, -0.15) is 5.26 Å². The van der Waals surface area contributed by atoms with Crippen LogP contribution in [0.5, 0.6) is 0 Å². The van der Waals surface area contributed by atoms with E-state index in [1.807, 2.05) is 84.9 Å². The minimum atomic E-state index is -0.909. The average molecular weight is 599 g/mol. The van der Waals surface area contributed by atoms with Crippen molar-refractivity contribution in [2.75, 3.05) is 6.54 Å². The number of rotatable bonds is 14. The molecule has 0 bridgehead atoms. The monoisotopic (exact) mass is 598 g/mol. The van der Waals surface area contributed by atoms with Crippen molar-refractivity contribution in [1.29, 1.82) is 5.26 Å². The first-order chi connectivity index (χ1) is 21.3. The van der Waals surface area contributed by atoms with Gasteiger partial charge >= 0.3 is 0 Å². The molecule has 1 atom stereocenters. The number of hydrogen-bond acceptors (Lipinski definition) is 6. The van der Waals surface area contributed by atoms with Crippen LogP contribution in [0.1, 0.15) is 41.0 Å². The summed E-state index contributed by atoms with van der Waals surface area (Å²) in [5.74, 6) is -1.73. The van der Waals surface area contributed by atoms with Crippen LogP contribution in [-0.4, -0.2) is 41.4 Å². The van der Waals surface area contributed by atoms with Crippen molar-refractivity contribution in [3.8, 4) is 6.19 Å². The van der Waals surface area contributed by atoms with Crippen LogP contribution in [0.4, 0.5) is 0 Å². The summed E-state index contributed by atoms with van der Waals surface area (Å²) in [5.41, 5.74) is 14.3. The molecule has 0 spiro atoms. The van der Waals surface area contributed by atoms with E-state index in [-0.39, 0.29) is 43.9 Å². The Kier molecular flexibility index (Phi) is 12.6. The molecule has 14 heteroatoms. The lowest BCUT2D eigenvalue weighted by Gasteiger charge is -2.23. The highest BCUT2D eigenvalue weighted by Crippen LogP contribution is 2.25. The molecule has 3 rings (SSSR count). The summed E-state index contributed by atoms with van der Waals surface area (Å²) in [7, 11) is 0. The first-order valence-corrected chi connectivity index (χ1v) is 13.7. The summed E-state index contributed by atoms with van der Waals surface area (Å²) in [4.78, 5) is 41.7. The van der Waals surface area contributed by atoms with Crippen LogP contribution in [0, 0.1) is 21.6 Å². The van der Waals surface area contributed by atoms with Crippen molar-refractivity contribution in [2.45, 2.75) is 37.9 Å². The molecule has 0 aromatic heterocycles. The van der Waals surface area contributed by atoms with Crippen LogP contribution in [0.3, 0.4) is 0 Å². The summed E-state index contributed by atoms with van der Waals surface area (Å²) in [6.45, 7) is 0.673. The van der Waals surface area contributed by atoms with E-state index in [0.29, 0.717) is 6.42 Å². The van der Waals surface area contributed by atoms with Gasteiger partial charge in [0.15, 0.2) is 11.2 Å². The van der Waals surface area contributed by atoms with Gasteiger partial charge in [-0.15, -0.1) is 0 Å². The molecule has 0 saturated heterocycles. The van der Waals surface area contributed by atoms with Gasteiger partial charge in [0.25, 0.3) is 5.96 Å². The molecule has 44 heavy (non-hydrogen) atoms. The Morgan fingerprint density at radius 2 is 1.45 bits per heavy atom. The fourth-order valence-electron chi connectivity index (χ4n) is 4.30. The summed E-state index contributed by atoms with van der Waals surface area (Å²) in [5, 5.41) is 31.9. The van der Waals surface area contributed by atoms with E-state index in [2.05, 4.69) is 31.4 Å². The van der Waals surface area contributed by atoms with Crippen LogP contribution in [-0.2, 0) is 22.7 Å². The van der Waals surface area contributed by atoms with Crippen LogP contribution < -0.4 is 32.7 Å². The largest absolute Gasteiger partial charge is 0.369 e. The van der Waals surface area contributed by atoms with Crippen molar-refractivity contribution in [1.82, 2.24) is 21.3 Å². The molecule has 228 valence electrons. The van der Waals surface area contributed by atoms with Gasteiger partial charge in [-0.1, -0.05) is 84.9 Å². The van der Waals surface area contributed by atoms with E-state index in [4.69, 9.17) is 16.7 Å². The average Bonchev–Trinajstić information content (AvgIpc) is 3.02. The van der Waals surface area contributed by atoms with Crippen LogP contribution >= 0.6 is 0 Å². The third-order valence-electron chi connectivity index (χ3n) is 6.43. The smallest absolute Gasteiger partial charge is 0.266 e. The molecule has 0 saturated carbocycles. The highest BCUT2D eigenvalue weighted by molar-refractivity contribution is 5.92. The molecule has 14 nitrogen and oxygen atoms in total. The maximum absolute atomic E-state index is 13.7. The second-order valence-electron chi connectivity index (χ2n) is 9.58. The molecule has 2 amide bonds. The summed E-state index contributed by atoms with van der Waals surface area (Å²) in [6.07, 6.45) is 2.28. The van der Waals surface area contributed by atoms with Crippen LogP contribution in [0.2, 0.25) is 0 Å². The third-order valence-corrected chi connectivity index (χ3v) is 6.43. The van der Waals surface area contributed by atoms with Crippen LogP contribution in [0.15, 0.2) is 95.0 Å². The Balaban J connectivity index is 1.71. The number of carbonyl (C=O) groups is 2. The minimum absolute atomic E-state index is 0.0154. The van der Waals surface area contributed by atoms with Gasteiger partial charge < -0.3 is 27.4 Å².